The summed E-state index contributed by atoms with van der Waals surface area (Å²) in [7, 11) is 1.32. The summed E-state index contributed by atoms with van der Waals surface area (Å²) >= 11 is 2.96. The predicted molar refractivity (Wildman–Crippen MR) is 91.0 cm³/mol. The van der Waals surface area contributed by atoms with E-state index >= 15 is 0 Å². The molecular weight excluding hydrogens is 348 g/mol. The number of thiophene rings is 2. The van der Waals surface area contributed by atoms with Crippen molar-refractivity contribution in [1.82, 2.24) is 10.5 Å². The van der Waals surface area contributed by atoms with Crippen molar-refractivity contribution < 1.29 is 18.8 Å². The minimum atomic E-state index is -0.466. The Bertz CT molecular complexity index is 809. The van der Waals surface area contributed by atoms with E-state index in [4.69, 9.17) is 9.26 Å². The van der Waals surface area contributed by atoms with Gasteiger partial charge in [0.15, 0.2) is 11.5 Å². The van der Waals surface area contributed by atoms with E-state index in [0.717, 1.165) is 9.75 Å². The molecule has 0 aliphatic heterocycles. The topological polar surface area (TPSA) is 81.4 Å². The van der Waals surface area contributed by atoms with Crippen LogP contribution in [0.3, 0.4) is 0 Å². The number of aromatic nitrogens is 1. The third-order valence-electron chi connectivity index (χ3n) is 3.30. The van der Waals surface area contributed by atoms with E-state index in [1.807, 2.05) is 35.0 Å². The summed E-state index contributed by atoms with van der Waals surface area (Å²) < 4.78 is 9.92. The molecule has 3 rings (SSSR count). The highest BCUT2D eigenvalue weighted by atomic mass is 32.1. The van der Waals surface area contributed by atoms with Crippen LogP contribution in [0.5, 0.6) is 0 Å². The Labute approximate surface area is 146 Å². The number of carbonyl (C=O) groups excluding carboxylic acids is 2. The van der Waals surface area contributed by atoms with E-state index < -0.39 is 17.9 Å². The predicted octanol–water partition coefficient (Wildman–Crippen LogP) is 3.50. The molecule has 8 heteroatoms. The maximum absolute atomic E-state index is 12.4. The van der Waals surface area contributed by atoms with E-state index in [0.29, 0.717) is 5.76 Å². The highest BCUT2D eigenvalue weighted by Gasteiger charge is 2.22. The second-order valence-electron chi connectivity index (χ2n) is 4.88. The van der Waals surface area contributed by atoms with Gasteiger partial charge < -0.3 is 14.6 Å². The third-order valence-corrected chi connectivity index (χ3v) is 5.17. The van der Waals surface area contributed by atoms with Gasteiger partial charge in [-0.05, 0) is 22.9 Å². The van der Waals surface area contributed by atoms with Crippen LogP contribution in [0, 0.1) is 0 Å². The zero-order chi connectivity index (χ0) is 16.9. The molecule has 0 radical (unpaired) electrons. The molecular formula is C16H14N2O4S2. The molecule has 0 saturated heterocycles. The number of rotatable bonds is 6. The second kappa shape index (κ2) is 7.41. The maximum Gasteiger partial charge on any atom is 0.307 e. The van der Waals surface area contributed by atoms with Crippen LogP contribution in [0.15, 0.2) is 45.6 Å². The lowest BCUT2D eigenvalue weighted by molar-refractivity contribution is -0.141. The quantitative estimate of drug-likeness (QED) is 0.679. The van der Waals surface area contributed by atoms with Crippen molar-refractivity contribution in [2.24, 2.45) is 0 Å². The molecule has 124 valence electrons. The molecule has 0 fully saturated rings. The van der Waals surface area contributed by atoms with Crippen LogP contribution in [-0.2, 0) is 9.53 Å². The minimum Gasteiger partial charge on any atom is -0.469 e. The number of hydrogen-bond donors (Lipinski definition) is 1. The zero-order valence-corrected chi connectivity index (χ0v) is 14.4. The largest absolute Gasteiger partial charge is 0.469 e. The van der Waals surface area contributed by atoms with Crippen molar-refractivity contribution >= 4 is 34.6 Å². The Hall–Kier alpha value is -2.45. The Morgan fingerprint density at radius 1 is 1.29 bits per heavy atom. The molecule has 3 aromatic heterocycles. The molecule has 1 amide bonds. The molecule has 0 spiro atoms. The zero-order valence-electron chi connectivity index (χ0n) is 12.7. The number of nitrogens with zero attached hydrogens (tertiary/aromatic N) is 1. The summed E-state index contributed by atoms with van der Waals surface area (Å²) in [5.41, 5.74) is 0.171. The van der Waals surface area contributed by atoms with Crippen LogP contribution < -0.4 is 5.32 Å². The molecule has 3 heterocycles. The van der Waals surface area contributed by atoms with Crippen molar-refractivity contribution in [3.8, 4) is 10.6 Å². The molecule has 1 atom stereocenters. The normalized spacial score (nSPS) is 11.9. The summed E-state index contributed by atoms with van der Waals surface area (Å²) in [6.07, 6.45) is 0.0540. The Balaban J connectivity index is 1.74. The molecule has 6 nitrogen and oxygen atoms in total. The van der Waals surface area contributed by atoms with Crippen molar-refractivity contribution in [1.29, 1.82) is 0 Å². The molecule has 3 aromatic rings. The number of carbonyl (C=O) groups is 2. The Morgan fingerprint density at radius 2 is 2.08 bits per heavy atom. The lowest BCUT2D eigenvalue weighted by atomic mass is 10.1. The SMILES string of the molecule is COC(=O)CC(NC(=O)c1cc(-c2cccs2)on1)c1cccs1. The van der Waals surface area contributed by atoms with Crippen molar-refractivity contribution in [3.63, 3.8) is 0 Å². The first-order valence-electron chi connectivity index (χ1n) is 7.09. The molecule has 0 aliphatic rings. The number of nitrogens with one attached hydrogen (secondary N) is 1. The first-order chi connectivity index (χ1) is 11.7. The number of esters is 1. The monoisotopic (exact) mass is 362 g/mol. The molecule has 0 aliphatic carbocycles. The third kappa shape index (κ3) is 3.72. The number of methoxy groups -OCH3 is 1. The van der Waals surface area contributed by atoms with E-state index in [1.54, 1.807) is 6.07 Å². The van der Waals surface area contributed by atoms with Crippen molar-refractivity contribution in [3.05, 3.63) is 51.7 Å². The Morgan fingerprint density at radius 3 is 2.75 bits per heavy atom. The van der Waals surface area contributed by atoms with Gasteiger partial charge in [0.2, 0.25) is 0 Å². The number of hydrogen-bond acceptors (Lipinski definition) is 7. The van der Waals surface area contributed by atoms with Gasteiger partial charge in [0, 0.05) is 10.9 Å². The fraction of sp³-hybridized carbons (Fsp3) is 0.188. The average Bonchev–Trinajstić information content (AvgIpc) is 3.35. The molecule has 0 saturated carbocycles. The van der Waals surface area contributed by atoms with Crippen LogP contribution in [0.1, 0.15) is 27.8 Å². The lowest BCUT2D eigenvalue weighted by Gasteiger charge is -2.15. The first kappa shape index (κ1) is 16.4. The van der Waals surface area contributed by atoms with Gasteiger partial charge in [-0.15, -0.1) is 22.7 Å². The van der Waals surface area contributed by atoms with Crippen molar-refractivity contribution in [2.75, 3.05) is 7.11 Å². The van der Waals surface area contributed by atoms with Crippen LogP contribution >= 0.6 is 22.7 Å². The van der Waals surface area contributed by atoms with Gasteiger partial charge in [0.25, 0.3) is 5.91 Å². The molecule has 1 N–H and O–H groups in total. The van der Waals surface area contributed by atoms with Gasteiger partial charge in [-0.25, -0.2) is 0 Å². The fourth-order valence-corrected chi connectivity index (χ4v) is 3.56. The molecule has 24 heavy (non-hydrogen) atoms. The van der Waals surface area contributed by atoms with Gasteiger partial charge in [0.05, 0.1) is 24.4 Å². The fourth-order valence-electron chi connectivity index (χ4n) is 2.11. The van der Waals surface area contributed by atoms with Crippen LogP contribution in [0.2, 0.25) is 0 Å². The standard InChI is InChI=1S/C16H14N2O4S2/c1-21-15(19)9-10(13-4-2-6-23-13)17-16(20)11-8-12(22-18-11)14-5-3-7-24-14/h2-8,10H,9H2,1H3,(H,17,20). The van der Waals surface area contributed by atoms with Gasteiger partial charge >= 0.3 is 5.97 Å². The maximum atomic E-state index is 12.4. The van der Waals surface area contributed by atoms with Crippen molar-refractivity contribution in [2.45, 2.75) is 12.5 Å². The van der Waals surface area contributed by atoms with Gasteiger partial charge in [-0.3, -0.25) is 9.59 Å². The summed E-state index contributed by atoms with van der Waals surface area (Å²) in [6.45, 7) is 0. The lowest BCUT2D eigenvalue weighted by Crippen LogP contribution is -2.30. The first-order valence-corrected chi connectivity index (χ1v) is 8.85. The molecule has 0 bridgehead atoms. The van der Waals surface area contributed by atoms with Crippen LogP contribution in [0.25, 0.3) is 10.6 Å². The van der Waals surface area contributed by atoms with Crippen LogP contribution in [-0.4, -0.2) is 24.1 Å². The Kier molecular flexibility index (Phi) is 5.07. The molecule has 0 aromatic carbocycles. The average molecular weight is 362 g/mol. The highest BCUT2D eigenvalue weighted by molar-refractivity contribution is 7.13. The van der Waals surface area contributed by atoms with Gasteiger partial charge in [0.1, 0.15) is 0 Å². The summed E-state index contributed by atoms with van der Waals surface area (Å²) in [5.74, 6) is -0.257. The summed E-state index contributed by atoms with van der Waals surface area (Å²) in [6, 6.07) is 8.63. The molecule has 1 unspecified atom stereocenters. The summed E-state index contributed by atoms with van der Waals surface area (Å²) in [5, 5.41) is 10.4. The van der Waals surface area contributed by atoms with E-state index in [2.05, 4.69) is 10.5 Å². The summed E-state index contributed by atoms with van der Waals surface area (Å²) in [4.78, 5) is 25.8. The second-order valence-corrected chi connectivity index (χ2v) is 6.80. The van der Waals surface area contributed by atoms with E-state index in [1.165, 1.54) is 29.8 Å². The highest BCUT2D eigenvalue weighted by Crippen LogP contribution is 2.26. The smallest absolute Gasteiger partial charge is 0.307 e. The minimum absolute atomic E-state index is 0.0540. The number of amides is 1. The van der Waals surface area contributed by atoms with E-state index in [9.17, 15) is 9.59 Å². The van der Waals surface area contributed by atoms with Gasteiger partial charge in [-0.2, -0.15) is 0 Å². The van der Waals surface area contributed by atoms with Gasteiger partial charge in [-0.1, -0.05) is 17.3 Å². The van der Waals surface area contributed by atoms with Crippen LogP contribution in [0.4, 0.5) is 0 Å². The van der Waals surface area contributed by atoms with E-state index in [-0.39, 0.29) is 12.1 Å². The number of ether oxygens (including phenoxy) is 1.